The molecule has 142 valence electrons. The molecule has 1 aromatic carbocycles. The predicted molar refractivity (Wildman–Crippen MR) is 99.4 cm³/mol. The predicted octanol–water partition coefficient (Wildman–Crippen LogP) is 2.90. The second kappa shape index (κ2) is 8.80. The van der Waals surface area contributed by atoms with Crippen molar-refractivity contribution in [3.05, 3.63) is 53.5 Å². The largest absolute Gasteiger partial charge is 0.443 e. The smallest absolute Gasteiger partial charge is 0.216 e. The van der Waals surface area contributed by atoms with Crippen LogP contribution in [0.5, 0.6) is 0 Å². The minimum Gasteiger partial charge on any atom is -0.443 e. The number of nitrogens with zero attached hydrogens (tertiary/aromatic N) is 2. The van der Waals surface area contributed by atoms with Crippen LogP contribution in [0.4, 0.5) is 4.39 Å². The topological polar surface area (TPSA) is 82.7 Å². The molecule has 1 aromatic heterocycles. The van der Waals surface area contributed by atoms with E-state index in [1.807, 2.05) is 6.92 Å². The number of guanidine groups is 1. The van der Waals surface area contributed by atoms with Crippen LogP contribution in [0.3, 0.4) is 0 Å². The highest BCUT2D eigenvalue weighted by atomic mass is 19.1. The molecule has 0 fully saturated rings. The van der Waals surface area contributed by atoms with Crippen LogP contribution in [-0.2, 0) is 12.0 Å². The lowest BCUT2D eigenvalue weighted by molar-refractivity contribution is 0.176. The van der Waals surface area contributed by atoms with Gasteiger partial charge in [-0.2, -0.15) is 0 Å². The second-order valence-electron chi connectivity index (χ2n) is 6.98. The molecule has 0 aliphatic heterocycles. The number of aliphatic hydroxyl groups is 1. The molecule has 1 atom stereocenters. The van der Waals surface area contributed by atoms with Gasteiger partial charge in [0.2, 0.25) is 5.89 Å². The van der Waals surface area contributed by atoms with Crippen molar-refractivity contribution >= 4 is 5.96 Å². The van der Waals surface area contributed by atoms with Crippen LogP contribution in [-0.4, -0.2) is 29.1 Å². The number of aliphatic hydroxyl groups excluding tert-OH is 1. The average molecular weight is 362 g/mol. The number of hydrogen-bond acceptors (Lipinski definition) is 4. The van der Waals surface area contributed by atoms with E-state index in [1.165, 1.54) is 6.07 Å². The average Bonchev–Trinajstić information content (AvgIpc) is 3.07. The molecule has 0 amide bonds. The Balaban J connectivity index is 1.98. The van der Waals surface area contributed by atoms with Gasteiger partial charge in [-0.05, 0) is 13.0 Å². The Morgan fingerprint density at radius 2 is 2.04 bits per heavy atom. The minimum absolute atomic E-state index is 0.110. The summed E-state index contributed by atoms with van der Waals surface area (Å²) in [4.78, 5) is 8.64. The zero-order chi connectivity index (χ0) is 19.2. The SMILES string of the molecule is CCNC(=NCc1ncc(C(C)(C)C)o1)NCC(O)c1ccccc1F. The van der Waals surface area contributed by atoms with E-state index >= 15 is 0 Å². The minimum atomic E-state index is -0.978. The number of nitrogens with one attached hydrogen (secondary N) is 2. The fraction of sp³-hybridized carbons (Fsp3) is 0.474. The number of benzene rings is 1. The van der Waals surface area contributed by atoms with Gasteiger partial charge in [0.25, 0.3) is 0 Å². The van der Waals surface area contributed by atoms with Gasteiger partial charge in [-0.3, -0.25) is 0 Å². The zero-order valence-electron chi connectivity index (χ0n) is 15.7. The highest BCUT2D eigenvalue weighted by Crippen LogP contribution is 2.22. The molecular formula is C19H27FN4O2. The summed E-state index contributed by atoms with van der Waals surface area (Å²) in [6.45, 7) is 9.14. The molecule has 2 rings (SSSR count). The molecule has 0 bridgehead atoms. The summed E-state index contributed by atoms with van der Waals surface area (Å²) < 4.78 is 19.4. The van der Waals surface area contributed by atoms with Crippen molar-refractivity contribution in [2.75, 3.05) is 13.1 Å². The van der Waals surface area contributed by atoms with Gasteiger partial charge in [0, 0.05) is 24.1 Å². The molecule has 0 saturated carbocycles. The van der Waals surface area contributed by atoms with Crippen LogP contribution in [0.15, 0.2) is 39.9 Å². The summed E-state index contributed by atoms with van der Waals surface area (Å²) in [5.74, 6) is 1.38. The standard InChI is InChI=1S/C19H27FN4O2/c1-5-21-18(23-10-15(25)13-8-6-7-9-14(13)20)24-12-17-22-11-16(26-17)19(2,3)4/h6-9,11,15,25H,5,10,12H2,1-4H3,(H2,21,23,24). The number of hydrogen-bond donors (Lipinski definition) is 3. The van der Waals surface area contributed by atoms with Crippen LogP contribution < -0.4 is 10.6 Å². The molecular weight excluding hydrogens is 335 g/mol. The summed E-state index contributed by atoms with van der Waals surface area (Å²) in [5, 5.41) is 16.3. The highest BCUT2D eigenvalue weighted by molar-refractivity contribution is 5.79. The maximum atomic E-state index is 13.7. The number of rotatable bonds is 6. The van der Waals surface area contributed by atoms with Crippen LogP contribution in [0, 0.1) is 5.82 Å². The number of aliphatic imine (C=N–C) groups is 1. The van der Waals surface area contributed by atoms with E-state index in [2.05, 4.69) is 41.4 Å². The van der Waals surface area contributed by atoms with Crippen molar-refractivity contribution < 1.29 is 13.9 Å². The Bertz CT molecular complexity index is 737. The van der Waals surface area contributed by atoms with Crippen molar-refractivity contribution in [2.45, 2.75) is 45.8 Å². The number of oxazole rings is 1. The Labute approximate surface area is 153 Å². The lowest BCUT2D eigenvalue weighted by Crippen LogP contribution is -2.39. The molecule has 3 N–H and O–H groups in total. The molecule has 7 heteroatoms. The van der Waals surface area contributed by atoms with Crippen LogP contribution in [0.2, 0.25) is 0 Å². The summed E-state index contributed by atoms with van der Waals surface area (Å²) in [6, 6.07) is 6.17. The van der Waals surface area contributed by atoms with Crippen LogP contribution in [0.1, 0.15) is 51.0 Å². The Hall–Kier alpha value is -2.41. The molecule has 1 heterocycles. The molecule has 0 aliphatic rings. The quantitative estimate of drug-likeness (QED) is 0.544. The maximum absolute atomic E-state index is 13.7. The van der Waals surface area contributed by atoms with E-state index in [0.29, 0.717) is 18.4 Å². The summed E-state index contributed by atoms with van der Waals surface area (Å²) in [5.41, 5.74) is 0.139. The molecule has 1 unspecified atom stereocenters. The Kier molecular flexibility index (Phi) is 6.74. The first kappa shape index (κ1) is 19.9. The van der Waals surface area contributed by atoms with Gasteiger partial charge < -0.3 is 20.2 Å². The molecule has 0 saturated heterocycles. The first-order valence-corrected chi connectivity index (χ1v) is 8.71. The summed E-state index contributed by atoms with van der Waals surface area (Å²) in [6.07, 6.45) is 0.738. The number of halogens is 1. The van der Waals surface area contributed by atoms with Gasteiger partial charge >= 0.3 is 0 Å². The van der Waals surface area contributed by atoms with Gasteiger partial charge in [-0.15, -0.1) is 0 Å². The van der Waals surface area contributed by atoms with Crippen molar-refractivity contribution in [3.63, 3.8) is 0 Å². The highest BCUT2D eigenvalue weighted by Gasteiger charge is 2.19. The third kappa shape index (κ3) is 5.56. The summed E-state index contributed by atoms with van der Waals surface area (Å²) in [7, 11) is 0. The lowest BCUT2D eigenvalue weighted by atomic mass is 9.94. The van der Waals surface area contributed by atoms with Gasteiger partial charge in [0.15, 0.2) is 5.96 Å². The molecule has 2 aromatic rings. The fourth-order valence-corrected chi connectivity index (χ4v) is 2.27. The molecule has 6 nitrogen and oxygen atoms in total. The summed E-state index contributed by atoms with van der Waals surface area (Å²) >= 11 is 0. The Morgan fingerprint density at radius 1 is 1.31 bits per heavy atom. The van der Waals surface area contributed by atoms with E-state index in [-0.39, 0.29) is 24.1 Å². The van der Waals surface area contributed by atoms with E-state index in [4.69, 9.17) is 4.42 Å². The zero-order valence-corrected chi connectivity index (χ0v) is 15.7. The van der Waals surface area contributed by atoms with E-state index in [1.54, 1.807) is 24.4 Å². The molecule has 26 heavy (non-hydrogen) atoms. The lowest BCUT2D eigenvalue weighted by Gasteiger charge is -2.16. The van der Waals surface area contributed by atoms with E-state index in [9.17, 15) is 9.50 Å². The second-order valence-corrected chi connectivity index (χ2v) is 6.98. The Morgan fingerprint density at radius 3 is 2.65 bits per heavy atom. The third-order valence-electron chi connectivity index (χ3n) is 3.74. The molecule has 0 aliphatic carbocycles. The maximum Gasteiger partial charge on any atom is 0.216 e. The molecule has 0 spiro atoms. The third-order valence-corrected chi connectivity index (χ3v) is 3.74. The van der Waals surface area contributed by atoms with Crippen molar-refractivity contribution in [1.29, 1.82) is 0 Å². The van der Waals surface area contributed by atoms with Gasteiger partial charge in [0.1, 0.15) is 18.1 Å². The van der Waals surface area contributed by atoms with Crippen LogP contribution >= 0.6 is 0 Å². The molecule has 0 radical (unpaired) electrons. The van der Waals surface area contributed by atoms with E-state index < -0.39 is 11.9 Å². The monoisotopic (exact) mass is 362 g/mol. The van der Waals surface area contributed by atoms with Gasteiger partial charge in [-0.25, -0.2) is 14.4 Å². The fourth-order valence-electron chi connectivity index (χ4n) is 2.27. The van der Waals surface area contributed by atoms with Gasteiger partial charge in [-0.1, -0.05) is 39.0 Å². The number of aromatic nitrogens is 1. The van der Waals surface area contributed by atoms with Crippen LogP contribution in [0.25, 0.3) is 0 Å². The van der Waals surface area contributed by atoms with Crippen molar-refractivity contribution in [3.8, 4) is 0 Å². The van der Waals surface area contributed by atoms with Gasteiger partial charge in [0.05, 0.1) is 12.3 Å². The van der Waals surface area contributed by atoms with E-state index in [0.717, 1.165) is 5.76 Å². The normalized spacial score (nSPS) is 13.5. The first-order valence-electron chi connectivity index (χ1n) is 8.71. The van der Waals surface area contributed by atoms with Crippen molar-refractivity contribution in [1.82, 2.24) is 15.6 Å². The van der Waals surface area contributed by atoms with Crippen molar-refractivity contribution in [2.24, 2.45) is 4.99 Å². The first-order chi connectivity index (χ1) is 12.3.